The Kier molecular flexibility index (Phi) is 5.15. The molecule has 0 saturated carbocycles. The minimum Gasteiger partial charge on any atom is -0.389 e. The largest absolute Gasteiger partial charge is 0.508 e. The number of hydrogen-bond donors (Lipinski definition) is 3. The lowest BCUT2D eigenvalue weighted by atomic mass is 10.3. The Hall–Kier alpha value is -0.433. The zero-order valence-electron chi connectivity index (χ0n) is 8.20. The molecule has 0 aromatic carbocycles. The highest BCUT2D eigenvalue weighted by Gasteiger charge is 2.45. The summed E-state index contributed by atoms with van der Waals surface area (Å²) < 4.78 is 4.79. The van der Waals surface area contributed by atoms with E-state index in [1.54, 1.807) is 13.8 Å². The van der Waals surface area contributed by atoms with Crippen molar-refractivity contribution in [1.82, 2.24) is 5.32 Å². The van der Waals surface area contributed by atoms with Crippen LogP contribution in [-0.4, -0.2) is 38.0 Å². The maximum absolute atomic E-state index is 11.2. The van der Waals surface area contributed by atoms with Crippen LogP contribution in [0.4, 0.5) is 0 Å². The van der Waals surface area contributed by atoms with Gasteiger partial charge in [-0.05, 0) is 13.3 Å². The van der Waals surface area contributed by atoms with Crippen LogP contribution >= 0.6 is 0 Å². The molecule has 0 spiro atoms. The van der Waals surface area contributed by atoms with Crippen molar-refractivity contribution in [1.29, 1.82) is 0 Å². The second-order valence-electron chi connectivity index (χ2n) is 2.67. The van der Waals surface area contributed by atoms with E-state index in [-0.39, 0.29) is 12.5 Å². The molecular weight excluding hydrogens is 190 g/mol. The lowest BCUT2D eigenvalue weighted by molar-refractivity contribution is -0.121. The summed E-state index contributed by atoms with van der Waals surface area (Å²) >= 11 is 0. The van der Waals surface area contributed by atoms with Gasteiger partial charge in [-0.3, -0.25) is 4.79 Å². The number of hydrogen-bond acceptors (Lipinski definition) is 4. The van der Waals surface area contributed by atoms with Crippen LogP contribution in [0.5, 0.6) is 0 Å². The normalized spacial score (nSPS) is 13.9. The first-order chi connectivity index (χ1) is 5.99. The molecule has 78 valence electrons. The summed E-state index contributed by atoms with van der Waals surface area (Å²) in [7, 11) is -2.37. The number of carbonyl (C=O) groups is 1. The Morgan fingerprint density at radius 1 is 1.54 bits per heavy atom. The smallest absolute Gasteiger partial charge is 0.389 e. The molecule has 0 aromatic heterocycles. The molecule has 1 amide bonds. The average Bonchev–Trinajstić information content (AvgIpc) is 2.04. The third-order valence-electron chi connectivity index (χ3n) is 1.78. The molecule has 0 rings (SSSR count). The molecule has 6 heteroatoms. The second kappa shape index (κ2) is 5.33. The van der Waals surface area contributed by atoms with Crippen molar-refractivity contribution in [2.45, 2.75) is 25.8 Å². The van der Waals surface area contributed by atoms with Crippen LogP contribution < -0.4 is 5.32 Å². The number of carbonyl (C=O) groups excluding carboxylic acids is 1. The maximum Gasteiger partial charge on any atom is 0.508 e. The molecule has 0 saturated heterocycles. The molecule has 5 nitrogen and oxygen atoms in total. The van der Waals surface area contributed by atoms with Crippen LogP contribution in [0.25, 0.3) is 0 Å². The summed E-state index contributed by atoms with van der Waals surface area (Å²) in [6.45, 7) is 3.57. The molecular formula is C7H17NO4Si. The lowest BCUT2D eigenvalue weighted by Crippen LogP contribution is -2.49. The molecule has 0 aromatic rings. The SMILES string of the molecule is CCO[Si](O)(O)C(CC)C(=O)NC. The van der Waals surface area contributed by atoms with Gasteiger partial charge in [0.15, 0.2) is 0 Å². The monoisotopic (exact) mass is 207 g/mol. The Labute approximate surface area is 79.1 Å². The van der Waals surface area contributed by atoms with E-state index in [2.05, 4.69) is 5.32 Å². The van der Waals surface area contributed by atoms with Crippen molar-refractivity contribution in [3.05, 3.63) is 0 Å². The quantitative estimate of drug-likeness (QED) is 0.530. The van der Waals surface area contributed by atoms with Crippen LogP contribution in [0.1, 0.15) is 20.3 Å². The topological polar surface area (TPSA) is 78.8 Å². The molecule has 0 radical (unpaired) electrons. The molecule has 1 atom stereocenters. The first-order valence-electron chi connectivity index (χ1n) is 4.29. The highest BCUT2D eigenvalue weighted by molar-refractivity contribution is 6.63. The van der Waals surface area contributed by atoms with Gasteiger partial charge in [0, 0.05) is 13.7 Å². The van der Waals surface area contributed by atoms with Crippen LogP contribution in [0, 0.1) is 0 Å². The van der Waals surface area contributed by atoms with Gasteiger partial charge < -0.3 is 19.3 Å². The van der Waals surface area contributed by atoms with Gasteiger partial charge in [-0.1, -0.05) is 6.92 Å². The van der Waals surface area contributed by atoms with Crippen molar-refractivity contribution >= 4 is 14.7 Å². The molecule has 0 heterocycles. The summed E-state index contributed by atoms with van der Waals surface area (Å²) in [5.41, 5.74) is -0.822. The van der Waals surface area contributed by atoms with Crippen LogP contribution in [0.15, 0.2) is 0 Å². The molecule has 0 aliphatic heterocycles. The van der Waals surface area contributed by atoms with Crippen molar-refractivity contribution < 1.29 is 18.8 Å². The maximum atomic E-state index is 11.2. The van der Waals surface area contributed by atoms with E-state index in [0.29, 0.717) is 6.42 Å². The highest BCUT2D eigenvalue weighted by Crippen LogP contribution is 2.21. The van der Waals surface area contributed by atoms with E-state index in [1.165, 1.54) is 7.05 Å². The predicted octanol–water partition coefficient (Wildman–Crippen LogP) is -0.527. The molecule has 3 N–H and O–H groups in total. The van der Waals surface area contributed by atoms with Crippen molar-refractivity contribution in [3.8, 4) is 0 Å². The summed E-state index contributed by atoms with van der Waals surface area (Å²) in [6, 6.07) is 0. The third kappa shape index (κ3) is 3.43. The van der Waals surface area contributed by atoms with Crippen molar-refractivity contribution in [2.75, 3.05) is 13.7 Å². The van der Waals surface area contributed by atoms with Gasteiger partial charge >= 0.3 is 8.80 Å². The number of amides is 1. The first kappa shape index (κ1) is 12.6. The fourth-order valence-corrected chi connectivity index (χ4v) is 2.75. The molecule has 13 heavy (non-hydrogen) atoms. The fourth-order valence-electron chi connectivity index (χ4n) is 1.11. The highest BCUT2D eigenvalue weighted by atomic mass is 28.4. The minimum atomic E-state index is -3.83. The summed E-state index contributed by atoms with van der Waals surface area (Å²) in [5, 5.41) is 2.38. The van der Waals surface area contributed by atoms with E-state index in [0.717, 1.165) is 0 Å². The fraction of sp³-hybridized carbons (Fsp3) is 0.857. The summed E-state index contributed by atoms with van der Waals surface area (Å²) in [5.74, 6) is -0.382. The lowest BCUT2D eigenvalue weighted by Gasteiger charge is -2.24. The molecule has 0 fully saturated rings. The van der Waals surface area contributed by atoms with E-state index in [1.807, 2.05) is 0 Å². The zero-order chi connectivity index (χ0) is 10.5. The minimum absolute atomic E-state index is 0.201. The van der Waals surface area contributed by atoms with Gasteiger partial charge in [-0.15, -0.1) is 0 Å². The van der Waals surface area contributed by atoms with Gasteiger partial charge in [0.05, 0.1) is 0 Å². The Morgan fingerprint density at radius 3 is 2.38 bits per heavy atom. The van der Waals surface area contributed by atoms with Gasteiger partial charge in [0.2, 0.25) is 5.91 Å². The average molecular weight is 207 g/mol. The predicted molar refractivity (Wildman–Crippen MR) is 49.9 cm³/mol. The third-order valence-corrected chi connectivity index (χ3v) is 4.07. The van der Waals surface area contributed by atoms with Crippen LogP contribution in [-0.2, 0) is 9.22 Å². The number of nitrogens with one attached hydrogen (secondary N) is 1. The van der Waals surface area contributed by atoms with E-state index in [4.69, 9.17) is 4.43 Å². The second-order valence-corrected chi connectivity index (χ2v) is 4.97. The van der Waals surface area contributed by atoms with E-state index >= 15 is 0 Å². The Morgan fingerprint density at radius 2 is 2.08 bits per heavy atom. The first-order valence-corrected chi connectivity index (χ1v) is 6.17. The van der Waals surface area contributed by atoms with Gasteiger partial charge in [0.1, 0.15) is 5.54 Å². The van der Waals surface area contributed by atoms with Gasteiger partial charge in [-0.25, -0.2) is 0 Å². The number of rotatable bonds is 5. The molecule has 0 bridgehead atoms. The van der Waals surface area contributed by atoms with E-state index < -0.39 is 14.3 Å². The van der Waals surface area contributed by atoms with Crippen molar-refractivity contribution in [2.24, 2.45) is 0 Å². The standard InChI is InChI=1S/C7H17NO4Si/c1-4-6(7(9)8-3)13(10,11)12-5-2/h6,10-11H,4-5H2,1-3H3,(H,8,9). The van der Waals surface area contributed by atoms with E-state index in [9.17, 15) is 14.4 Å². The van der Waals surface area contributed by atoms with Crippen molar-refractivity contribution in [3.63, 3.8) is 0 Å². The van der Waals surface area contributed by atoms with Gasteiger partial charge in [0.25, 0.3) is 0 Å². The van der Waals surface area contributed by atoms with Crippen LogP contribution in [0.3, 0.4) is 0 Å². The Balaban J connectivity index is 4.45. The Bertz CT molecular complexity index is 174. The molecule has 0 aliphatic rings. The molecule has 0 aliphatic carbocycles. The zero-order valence-corrected chi connectivity index (χ0v) is 9.20. The van der Waals surface area contributed by atoms with Gasteiger partial charge in [-0.2, -0.15) is 0 Å². The van der Waals surface area contributed by atoms with Crippen LogP contribution in [0.2, 0.25) is 5.54 Å². The summed E-state index contributed by atoms with van der Waals surface area (Å²) in [4.78, 5) is 30.2. The summed E-state index contributed by atoms with van der Waals surface area (Å²) in [6.07, 6.45) is 0.360. The molecule has 1 unspecified atom stereocenters.